The molecule has 1 aliphatic rings. The van der Waals surface area contributed by atoms with Gasteiger partial charge in [0.2, 0.25) is 10.0 Å². The smallest absolute Gasteiger partial charge is 0.243 e. The van der Waals surface area contributed by atoms with Gasteiger partial charge in [0.15, 0.2) is 0 Å². The van der Waals surface area contributed by atoms with Crippen LogP contribution in [0.25, 0.3) is 0 Å². The third-order valence-electron chi connectivity index (χ3n) is 3.52. The summed E-state index contributed by atoms with van der Waals surface area (Å²) < 4.78 is 26.5. The summed E-state index contributed by atoms with van der Waals surface area (Å²) in [4.78, 5) is 0.398. The van der Waals surface area contributed by atoms with Gasteiger partial charge >= 0.3 is 0 Å². The fraction of sp³-hybridized carbons (Fsp3) is 0.600. The van der Waals surface area contributed by atoms with Crippen LogP contribution in [-0.2, 0) is 10.0 Å². The summed E-state index contributed by atoms with van der Waals surface area (Å²) in [6, 6.07) is 7.09. The number of nitrogens with one attached hydrogen (secondary N) is 1. The van der Waals surface area contributed by atoms with E-state index in [1.807, 2.05) is 12.1 Å². The quantitative estimate of drug-likeness (QED) is 0.909. The topological polar surface area (TPSA) is 49.4 Å². The predicted octanol–water partition coefficient (Wildman–Crippen LogP) is 2.93. The highest BCUT2D eigenvalue weighted by Gasteiger charge is 2.25. The summed E-state index contributed by atoms with van der Waals surface area (Å²) >= 11 is 0. The second-order valence-corrected chi connectivity index (χ2v) is 7.70. The van der Waals surface area contributed by atoms with E-state index in [9.17, 15) is 8.42 Å². The molecule has 1 heterocycles. The fourth-order valence-electron chi connectivity index (χ4n) is 2.32. The average molecular weight is 296 g/mol. The van der Waals surface area contributed by atoms with Gasteiger partial charge in [-0.2, -0.15) is 4.31 Å². The molecule has 0 unspecified atom stereocenters. The highest BCUT2D eigenvalue weighted by atomic mass is 32.2. The van der Waals surface area contributed by atoms with Gasteiger partial charge in [-0.3, -0.25) is 0 Å². The first-order valence-electron chi connectivity index (χ1n) is 7.34. The van der Waals surface area contributed by atoms with Crippen molar-refractivity contribution in [2.75, 3.05) is 25.0 Å². The molecule has 1 aliphatic heterocycles. The van der Waals surface area contributed by atoms with Gasteiger partial charge in [-0.1, -0.05) is 20.3 Å². The van der Waals surface area contributed by atoms with Crippen LogP contribution in [0, 0.1) is 5.92 Å². The zero-order valence-corrected chi connectivity index (χ0v) is 13.1. The van der Waals surface area contributed by atoms with Gasteiger partial charge < -0.3 is 5.32 Å². The molecular weight excluding hydrogens is 272 g/mol. The minimum absolute atomic E-state index is 0.398. The first-order chi connectivity index (χ1) is 9.50. The van der Waals surface area contributed by atoms with E-state index < -0.39 is 10.0 Å². The maximum atomic E-state index is 12.5. The normalized spacial score (nSPS) is 17.4. The van der Waals surface area contributed by atoms with Gasteiger partial charge in [0, 0.05) is 25.3 Å². The molecule has 1 fully saturated rings. The highest BCUT2D eigenvalue weighted by Crippen LogP contribution is 2.22. The molecule has 0 bridgehead atoms. The summed E-state index contributed by atoms with van der Waals surface area (Å²) in [5.74, 6) is 0.562. The molecular formula is C15H24N2O2S. The lowest BCUT2D eigenvalue weighted by atomic mass is 10.2. The molecule has 0 atom stereocenters. The van der Waals surface area contributed by atoms with Crippen LogP contribution >= 0.6 is 0 Å². The van der Waals surface area contributed by atoms with Crippen LogP contribution in [0.15, 0.2) is 29.2 Å². The largest absolute Gasteiger partial charge is 0.385 e. The van der Waals surface area contributed by atoms with Crippen molar-refractivity contribution < 1.29 is 8.42 Å². The molecule has 1 saturated heterocycles. The van der Waals surface area contributed by atoms with Crippen LogP contribution in [0.1, 0.15) is 33.1 Å². The lowest BCUT2D eigenvalue weighted by Crippen LogP contribution is -2.35. The molecule has 0 aliphatic carbocycles. The number of nitrogens with zero attached hydrogens (tertiary/aromatic N) is 1. The van der Waals surface area contributed by atoms with E-state index in [1.165, 1.54) is 0 Å². The van der Waals surface area contributed by atoms with Crippen molar-refractivity contribution in [2.24, 2.45) is 5.92 Å². The zero-order valence-electron chi connectivity index (χ0n) is 12.3. The summed E-state index contributed by atoms with van der Waals surface area (Å²) in [7, 11) is -3.30. The fourth-order valence-corrected chi connectivity index (χ4v) is 3.84. The Bertz CT molecular complexity index is 517. The van der Waals surface area contributed by atoms with Gasteiger partial charge in [0.25, 0.3) is 0 Å². The minimum atomic E-state index is -3.30. The molecule has 2 rings (SSSR count). The number of benzene rings is 1. The third kappa shape index (κ3) is 3.73. The SMILES string of the molecule is CC(C)CNc1ccc(S(=O)(=O)N2CCCCC2)cc1. The molecule has 0 aromatic heterocycles. The lowest BCUT2D eigenvalue weighted by Gasteiger charge is -2.25. The molecule has 0 radical (unpaired) electrons. The van der Waals surface area contributed by atoms with Gasteiger partial charge in [-0.05, 0) is 43.0 Å². The number of piperidine rings is 1. The van der Waals surface area contributed by atoms with Crippen LogP contribution in [0.2, 0.25) is 0 Å². The van der Waals surface area contributed by atoms with Crippen LogP contribution in [0.5, 0.6) is 0 Å². The average Bonchev–Trinajstić information content (AvgIpc) is 2.46. The van der Waals surface area contributed by atoms with Crippen molar-refractivity contribution in [3.8, 4) is 0 Å². The number of hydrogen-bond donors (Lipinski definition) is 1. The Morgan fingerprint density at radius 2 is 1.70 bits per heavy atom. The molecule has 0 amide bonds. The number of sulfonamides is 1. The van der Waals surface area contributed by atoms with Crippen molar-refractivity contribution in [3.63, 3.8) is 0 Å². The van der Waals surface area contributed by atoms with E-state index in [1.54, 1.807) is 16.4 Å². The van der Waals surface area contributed by atoms with E-state index in [-0.39, 0.29) is 0 Å². The van der Waals surface area contributed by atoms with Crippen molar-refractivity contribution in [3.05, 3.63) is 24.3 Å². The number of hydrogen-bond acceptors (Lipinski definition) is 3. The Balaban J connectivity index is 2.08. The molecule has 1 aromatic rings. The maximum Gasteiger partial charge on any atom is 0.243 e. The van der Waals surface area contributed by atoms with E-state index in [4.69, 9.17) is 0 Å². The Kier molecular flexibility index (Phi) is 5.05. The Labute approximate surface area is 122 Å². The van der Waals surface area contributed by atoms with Crippen LogP contribution < -0.4 is 5.32 Å². The van der Waals surface area contributed by atoms with Gasteiger partial charge in [-0.25, -0.2) is 8.42 Å². The first-order valence-corrected chi connectivity index (χ1v) is 8.78. The minimum Gasteiger partial charge on any atom is -0.385 e. The van der Waals surface area contributed by atoms with Crippen LogP contribution in [0.3, 0.4) is 0 Å². The Morgan fingerprint density at radius 3 is 2.25 bits per heavy atom. The summed E-state index contributed by atoms with van der Waals surface area (Å²) in [6.07, 6.45) is 3.06. The third-order valence-corrected chi connectivity index (χ3v) is 5.43. The predicted molar refractivity (Wildman–Crippen MR) is 82.4 cm³/mol. The molecule has 5 heteroatoms. The summed E-state index contributed by atoms with van der Waals surface area (Å²) in [5, 5.41) is 3.29. The Morgan fingerprint density at radius 1 is 1.10 bits per heavy atom. The maximum absolute atomic E-state index is 12.5. The lowest BCUT2D eigenvalue weighted by molar-refractivity contribution is 0.346. The van der Waals surface area contributed by atoms with E-state index >= 15 is 0 Å². The summed E-state index contributed by atoms with van der Waals surface area (Å²) in [5.41, 5.74) is 0.969. The molecule has 4 nitrogen and oxygen atoms in total. The summed E-state index contributed by atoms with van der Waals surface area (Å²) in [6.45, 7) is 6.47. The van der Waals surface area contributed by atoms with Crippen LogP contribution in [-0.4, -0.2) is 32.4 Å². The molecule has 1 N–H and O–H groups in total. The number of rotatable bonds is 5. The number of anilines is 1. The van der Waals surface area contributed by atoms with Crippen molar-refractivity contribution in [2.45, 2.75) is 38.0 Å². The van der Waals surface area contributed by atoms with Crippen molar-refractivity contribution in [1.29, 1.82) is 0 Å². The molecule has 112 valence electrons. The highest BCUT2D eigenvalue weighted by molar-refractivity contribution is 7.89. The van der Waals surface area contributed by atoms with Gasteiger partial charge in [0.05, 0.1) is 4.90 Å². The Hall–Kier alpha value is -1.07. The molecule has 1 aromatic carbocycles. The molecule has 0 saturated carbocycles. The second-order valence-electron chi connectivity index (χ2n) is 5.76. The standard InChI is InChI=1S/C15H24N2O2S/c1-13(2)12-16-14-6-8-15(9-7-14)20(18,19)17-10-4-3-5-11-17/h6-9,13,16H,3-5,10-12H2,1-2H3. The molecule has 20 heavy (non-hydrogen) atoms. The van der Waals surface area contributed by atoms with Gasteiger partial charge in [-0.15, -0.1) is 0 Å². The van der Waals surface area contributed by atoms with Gasteiger partial charge in [0.1, 0.15) is 0 Å². The molecule has 0 spiro atoms. The van der Waals surface area contributed by atoms with E-state index in [0.717, 1.165) is 31.5 Å². The van der Waals surface area contributed by atoms with E-state index in [2.05, 4.69) is 19.2 Å². The van der Waals surface area contributed by atoms with E-state index in [0.29, 0.717) is 23.9 Å². The van der Waals surface area contributed by atoms with Crippen molar-refractivity contribution >= 4 is 15.7 Å². The monoisotopic (exact) mass is 296 g/mol. The zero-order chi connectivity index (χ0) is 14.6. The van der Waals surface area contributed by atoms with Crippen LogP contribution in [0.4, 0.5) is 5.69 Å². The second kappa shape index (κ2) is 6.59. The van der Waals surface area contributed by atoms with Crippen molar-refractivity contribution in [1.82, 2.24) is 4.31 Å². The first kappa shape index (κ1) is 15.3.